The van der Waals surface area contributed by atoms with Crippen molar-refractivity contribution >= 4 is 50.9 Å². The molecule has 6 nitrogen and oxygen atoms in total. The van der Waals surface area contributed by atoms with Gasteiger partial charge in [0, 0.05) is 35.1 Å². The molecule has 0 fully saturated rings. The number of nitrogens with one attached hydrogen (secondary N) is 1. The summed E-state index contributed by atoms with van der Waals surface area (Å²) in [4.78, 5) is 15.1. The molecule has 1 N–H and O–H groups in total. The topological polar surface area (TPSA) is 74.6 Å². The van der Waals surface area contributed by atoms with E-state index in [1.165, 1.54) is 6.08 Å². The Morgan fingerprint density at radius 2 is 1.78 bits per heavy atom. The molecule has 0 bridgehead atoms. The van der Waals surface area contributed by atoms with Crippen molar-refractivity contribution < 1.29 is 14.3 Å². The lowest BCUT2D eigenvalue weighted by atomic mass is 10.1. The fraction of sp³-hybridized carbons (Fsp3) is 0.241. The molecule has 0 aliphatic heterocycles. The number of hydrogen-bond donors (Lipinski definition) is 1. The number of rotatable bonds is 11. The zero-order valence-corrected chi connectivity index (χ0v) is 23.4. The minimum Gasteiger partial charge on any atom is -0.490 e. The summed E-state index contributed by atoms with van der Waals surface area (Å²) < 4.78 is 12.4. The normalized spacial score (nSPS) is 11.0. The number of ether oxygens (including phenoxy) is 2. The van der Waals surface area contributed by atoms with Crippen LogP contribution in [0.4, 0.5) is 11.4 Å². The standard InChI is InChI=1S/C29H29BrClN3O3/c1-4-34(5-2)24-13-11-23(12-14-24)33-29(35)22(18-32)15-20-16-25(30)28(27(17-20)36-6-3)37-19-21-9-7-8-10-26(21)31/h7-17H,4-6,19H2,1-3H3,(H,33,35)/b22-15-. The molecule has 0 unspecified atom stereocenters. The molecule has 8 heteroatoms. The van der Waals surface area contributed by atoms with Gasteiger partial charge in [-0.05, 0) is 90.8 Å². The molecular weight excluding hydrogens is 554 g/mol. The molecule has 0 heterocycles. The first-order valence-electron chi connectivity index (χ1n) is 12.0. The molecule has 37 heavy (non-hydrogen) atoms. The van der Waals surface area contributed by atoms with Crippen LogP contribution in [0.15, 0.2) is 70.7 Å². The first-order chi connectivity index (χ1) is 17.9. The third kappa shape index (κ3) is 7.51. The summed E-state index contributed by atoms with van der Waals surface area (Å²) >= 11 is 9.79. The molecule has 192 valence electrons. The minimum atomic E-state index is -0.494. The maximum absolute atomic E-state index is 12.8. The highest BCUT2D eigenvalue weighted by molar-refractivity contribution is 9.10. The number of nitriles is 1. The van der Waals surface area contributed by atoms with Gasteiger partial charge in [-0.3, -0.25) is 4.79 Å². The number of carbonyl (C=O) groups excluding carboxylic acids is 1. The van der Waals surface area contributed by atoms with Crippen molar-refractivity contribution in [3.05, 3.63) is 86.9 Å². The Kier molecular flexibility index (Phi) is 10.4. The largest absolute Gasteiger partial charge is 0.490 e. The first-order valence-corrected chi connectivity index (χ1v) is 13.2. The lowest BCUT2D eigenvalue weighted by Gasteiger charge is -2.21. The number of halogens is 2. The van der Waals surface area contributed by atoms with Crippen LogP contribution in [0.5, 0.6) is 11.5 Å². The Bertz CT molecular complexity index is 1300. The van der Waals surface area contributed by atoms with Gasteiger partial charge in [0.25, 0.3) is 5.91 Å². The summed E-state index contributed by atoms with van der Waals surface area (Å²) in [6.45, 7) is 8.52. The second-order valence-corrected chi connectivity index (χ2v) is 9.25. The van der Waals surface area contributed by atoms with Crippen molar-refractivity contribution in [1.29, 1.82) is 5.26 Å². The predicted molar refractivity (Wildman–Crippen MR) is 153 cm³/mol. The number of hydrogen-bond acceptors (Lipinski definition) is 5. The molecule has 0 atom stereocenters. The Balaban J connectivity index is 1.80. The highest BCUT2D eigenvalue weighted by atomic mass is 79.9. The van der Waals surface area contributed by atoms with E-state index in [0.717, 1.165) is 24.3 Å². The smallest absolute Gasteiger partial charge is 0.266 e. The fourth-order valence-electron chi connectivity index (χ4n) is 3.70. The van der Waals surface area contributed by atoms with Crippen molar-refractivity contribution in [3.63, 3.8) is 0 Å². The van der Waals surface area contributed by atoms with E-state index in [2.05, 4.69) is 40.0 Å². The van der Waals surface area contributed by atoms with Crippen molar-refractivity contribution in [2.45, 2.75) is 27.4 Å². The van der Waals surface area contributed by atoms with Gasteiger partial charge in [-0.15, -0.1) is 0 Å². The van der Waals surface area contributed by atoms with Crippen LogP contribution >= 0.6 is 27.5 Å². The SMILES string of the molecule is CCOc1cc(/C=C(/C#N)C(=O)Nc2ccc(N(CC)CC)cc2)cc(Br)c1OCc1ccccc1Cl. The second kappa shape index (κ2) is 13.7. The van der Waals surface area contributed by atoms with Gasteiger partial charge >= 0.3 is 0 Å². The molecule has 1 amide bonds. The van der Waals surface area contributed by atoms with Crippen LogP contribution < -0.4 is 19.7 Å². The highest BCUT2D eigenvalue weighted by Gasteiger charge is 2.15. The summed E-state index contributed by atoms with van der Waals surface area (Å²) in [5.41, 5.74) is 3.11. The monoisotopic (exact) mass is 581 g/mol. The van der Waals surface area contributed by atoms with Crippen molar-refractivity contribution in [2.24, 2.45) is 0 Å². The maximum atomic E-state index is 12.8. The lowest BCUT2D eigenvalue weighted by Crippen LogP contribution is -2.21. The molecule has 3 aromatic carbocycles. The van der Waals surface area contributed by atoms with Crippen LogP contribution in [0.3, 0.4) is 0 Å². The predicted octanol–water partition coefficient (Wildman–Crippen LogP) is 7.47. The molecule has 0 aromatic heterocycles. The number of anilines is 2. The molecule has 0 aliphatic rings. The quantitative estimate of drug-likeness (QED) is 0.187. The van der Waals surface area contributed by atoms with E-state index < -0.39 is 5.91 Å². The zero-order chi connectivity index (χ0) is 26.8. The maximum Gasteiger partial charge on any atom is 0.266 e. The van der Waals surface area contributed by atoms with Crippen molar-refractivity contribution in [1.82, 2.24) is 0 Å². The van der Waals surface area contributed by atoms with E-state index in [1.54, 1.807) is 18.2 Å². The van der Waals surface area contributed by atoms with Gasteiger partial charge < -0.3 is 19.7 Å². The van der Waals surface area contributed by atoms with Gasteiger partial charge in [-0.2, -0.15) is 5.26 Å². The van der Waals surface area contributed by atoms with E-state index in [0.29, 0.717) is 38.9 Å². The highest BCUT2D eigenvalue weighted by Crippen LogP contribution is 2.38. The van der Waals surface area contributed by atoms with Gasteiger partial charge in [-0.25, -0.2) is 0 Å². The zero-order valence-electron chi connectivity index (χ0n) is 21.1. The summed E-state index contributed by atoms with van der Waals surface area (Å²) in [5.74, 6) is 0.501. The summed E-state index contributed by atoms with van der Waals surface area (Å²) in [6.07, 6.45) is 1.52. The van der Waals surface area contributed by atoms with Crippen LogP contribution in [0.25, 0.3) is 6.08 Å². The summed E-state index contributed by atoms with van der Waals surface area (Å²) in [7, 11) is 0. The van der Waals surface area contributed by atoms with Gasteiger partial charge in [0.15, 0.2) is 11.5 Å². The van der Waals surface area contributed by atoms with Gasteiger partial charge in [0.05, 0.1) is 11.1 Å². The molecule has 0 radical (unpaired) electrons. The van der Waals surface area contributed by atoms with Gasteiger partial charge in [0.1, 0.15) is 18.2 Å². The second-order valence-electron chi connectivity index (χ2n) is 7.99. The van der Waals surface area contributed by atoms with E-state index >= 15 is 0 Å². The summed E-state index contributed by atoms with van der Waals surface area (Å²) in [5, 5.41) is 13.1. The number of amides is 1. The molecule has 0 saturated carbocycles. The van der Waals surface area contributed by atoms with Crippen molar-refractivity contribution in [2.75, 3.05) is 29.9 Å². The van der Waals surface area contributed by atoms with E-state index in [4.69, 9.17) is 21.1 Å². The Morgan fingerprint density at radius 3 is 2.41 bits per heavy atom. The molecule has 0 saturated heterocycles. The van der Waals surface area contributed by atoms with Crippen molar-refractivity contribution in [3.8, 4) is 17.6 Å². The van der Waals surface area contributed by atoms with Crippen LogP contribution in [-0.4, -0.2) is 25.6 Å². The van der Waals surface area contributed by atoms with Crippen LogP contribution in [-0.2, 0) is 11.4 Å². The van der Waals surface area contributed by atoms with Crippen LogP contribution in [0.1, 0.15) is 31.9 Å². The van der Waals surface area contributed by atoms with Gasteiger partial charge in [0.2, 0.25) is 0 Å². The molecule has 3 rings (SSSR count). The van der Waals surface area contributed by atoms with E-state index in [1.807, 2.05) is 55.5 Å². The average Bonchev–Trinajstić information content (AvgIpc) is 2.89. The Labute approximate surface area is 231 Å². The fourth-order valence-corrected chi connectivity index (χ4v) is 4.46. The number of benzene rings is 3. The molecule has 0 spiro atoms. The Morgan fingerprint density at radius 1 is 1.08 bits per heavy atom. The minimum absolute atomic E-state index is 0.0353. The third-order valence-electron chi connectivity index (χ3n) is 5.59. The van der Waals surface area contributed by atoms with Crippen LogP contribution in [0, 0.1) is 11.3 Å². The number of carbonyl (C=O) groups is 1. The number of nitrogens with zero attached hydrogens (tertiary/aromatic N) is 2. The van der Waals surface area contributed by atoms with E-state index in [9.17, 15) is 10.1 Å². The Hall–Kier alpha value is -3.47. The first kappa shape index (κ1) is 28.1. The molecular formula is C29H29BrClN3O3. The van der Waals surface area contributed by atoms with Crippen LogP contribution in [0.2, 0.25) is 5.02 Å². The molecule has 3 aromatic rings. The third-order valence-corrected chi connectivity index (χ3v) is 6.55. The average molecular weight is 583 g/mol. The summed E-state index contributed by atoms with van der Waals surface area (Å²) in [6, 6.07) is 20.5. The van der Waals surface area contributed by atoms with Gasteiger partial charge in [-0.1, -0.05) is 29.8 Å². The molecule has 0 aliphatic carbocycles. The lowest BCUT2D eigenvalue weighted by molar-refractivity contribution is -0.112. The van der Waals surface area contributed by atoms with E-state index in [-0.39, 0.29) is 12.2 Å².